The first-order valence-corrected chi connectivity index (χ1v) is 6.54. The molecule has 0 radical (unpaired) electrons. The van der Waals surface area contributed by atoms with E-state index in [9.17, 15) is 4.79 Å². The smallest absolute Gasteiger partial charge is 0.337 e. The van der Waals surface area contributed by atoms with Crippen LogP contribution in [0.5, 0.6) is 0 Å². The fourth-order valence-corrected chi connectivity index (χ4v) is 2.34. The molecular weight excluding hydrogens is 252 g/mol. The van der Waals surface area contributed by atoms with Crippen molar-refractivity contribution in [2.45, 2.75) is 25.3 Å². The third kappa shape index (κ3) is 3.37. The van der Waals surface area contributed by atoms with Gasteiger partial charge in [0.05, 0.1) is 10.6 Å². The summed E-state index contributed by atoms with van der Waals surface area (Å²) in [5.41, 5.74) is 0.933. The van der Waals surface area contributed by atoms with E-state index in [-0.39, 0.29) is 10.6 Å². The number of anilines is 1. The standard InChI is InChI=1S/C13H17ClN2O2/c14-12-5-4-9(7-11(12)13(17)18)16-8-10-3-1-2-6-15-10/h4-5,7,10,15-16H,1-3,6,8H2,(H,17,18). The van der Waals surface area contributed by atoms with E-state index in [0.29, 0.717) is 6.04 Å². The lowest BCUT2D eigenvalue weighted by molar-refractivity contribution is 0.0697. The SMILES string of the molecule is O=C(O)c1cc(NCC2CCCCN2)ccc1Cl. The van der Waals surface area contributed by atoms with Gasteiger partial charge in [-0.15, -0.1) is 0 Å². The Hall–Kier alpha value is -1.26. The van der Waals surface area contributed by atoms with Crippen LogP contribution < -0.4 is 10.6 Å². The number of piperidine rings is 1. The average molecular weight is 269 g/mol. The number of benzene rings is 1. The van der Waals surface area contributed by atoms with E-state index in [1.807, 2.05) is 0 Å². The summed E-state index contributed by atoms with van der Waals surface area (Å²) in [6.07, 6.45) is 3.65. The van der Waals surface area contributed by atoms with Crippen molar-refractivity contribution in [3.05, 3.63) is 28.8 Å². The van der Waals surface area contributed by atoms with Gasteiger partial charge in [-0.05, 0) is 37.6 Å². The molecule has 1 aliphatic rings. The number of hydrogen-bond donors (Lipinski definition) is 3. The molecule has 0 aliphatic carbocycles. The highest BCUT2D eigenvalue weighted by molar-refractivity contribution is 6.33. The molecule has 1 fully saturated rings. The lowest BCUT2D eigenvalue weighted by atomic mass is 10.1. The monoisotopic (exact) mass is 268 g/mol. The van der Waals surface area contributed by atoms with Crippen LogP contribution in [0.4, 0.5) is 5.69 Å². The second-order valence-electron chi connectivity index (χ2n) is 4.53. The van der Waals surface area contributed by atoms with Crippen LogP contribution in [0.3, 0.4) is 0 Å². The Morgan fingerprint density at radius 2 is 2.33 bits per heavy atom. The van der Waals surface area contributed by atoms with Gasteiger partial charge in [-0.25, -0.2) is 4.79 Å². The molecule has 1 heterocycles. The predicted octanol–water partition coefficient (Wildman–Crippen LogP) is 2.59. The van der Waals surface area contributed by atoms with Crippen molar-refractivity contribution in [1.29, 1.82) is 0 Å². The van der Waals surface area contributed by atoms with Gasteiger partial charge in [0, 0.05) is 18.3 Å². The van der Waals surface area contributed by atoms with Crippen molar-refractivity contribution >= 4 is 23.3 Å². The van der Waals surface area contributed by atoms with E-state index in [1.165, 1.54) is 12.8 Å². The van der Waals surface area contributed by atoms with Gasteiger partial charge in [0.1, 0.15) is 0 Å². The average Bonchev–Trinajstić information content (AvgIpc) is 2.38. The Morgan fingerprint density at radius 3 is 3.00 bits per heavy atom. The van der Waals surface area contributed by atoms with Gasteiger partial charge >= 0.3 is 5.97 Å². The summed E-state index contributed by atoms with van der Waals surface area (Å²) in [6.45, 7) is 1.87. The molecule has 4 nitrogen and oxygen atoms in total. The predicted molar refractivity (Wildman–Crippen MR) is 72.5 cm³/mol. The molecule has 1 unspecified atom stereocenters. The van der Waals surface area contributed by atoms with Crippen molar-refractivity contribution in [2.75, 3.05) is 18.4 Å². The Labute approximate surface area is 111 Å². The van der Waals surface area contributed by atoms with E-state index >= 15 is 0 Å². The van der Waals surface area contributed by atoms with Gasteiger partial charge in [0.25, 0.3) is 0 Å². The lowest BCUT2D eigenvalue weighted by Crippen LogP contribution is -2.39. The molecule has 1 aliphatic heterocycles. The first-order chi connectivity index (χ1) is 8.66. The molecule has 0 aromatic heterocycles. The van der Waals surface area contributed by atoms with Crippen LogP contribution in [-0.4, -0.2) is 30.2 Å². The maximum atomic E-state index is 11.0. The van der Waals surface area contributed by atoms with Crippen molar-refractivity contribution in [1.82, 2.24) is 5.32 Å². The Bertz CT molecular complexity index is 431. The van der Waals surface area contributed by atoms with Gasteiger partial charge in [-0.3, -0.25) is 0 Å². The van der Waals surface area contributed by atoms with Crippen molar-refractivity contribution < 1.29 is 9.90 Å². The number of halogens is 1. The summed E-state index contributed by atoms with van der Waals surface area (Å²) in [5.74, 6) is -1.00. The summed E-state index contributed by atoms with van der Waals surface area (Å²) < 4.78 is 0. The molecule has 0 amide bonds. The third-order valence-electron chi connectivity index (χ3n) is 3.16. The number of nitrogens with one attached hydrogen (secondary N) is 2. The number of aromatic carboxylic acids is 1. The molecule has 3 N–H and O–H groups in total. The van der Waals surface area contributed by atoms with E-state index in [4.69, 9.17) is 16.7 Å². The highest BCUT2D eigenvalue weighted by Gasteiger charge is 2.13. The minimum absolute atomic E-state index is 0.137. The quantitative estimate of drug-likeness (QED) is 0.786. The van der Waals surface area contributed by atoms with Gasteiger partial charge in [0.2, 0.25) is 0 Å². The molecular formula is C13H17ClN2O2. The first-order valence-electron chi connectivity index (χ1n) is 6.17. The van der Waals surface area contributed by atoms with E-state index in [1.54, 1.807) is 18.2 Å². The molecule has 98 valence electrons. The molecule has 0 saturated carbocycles. The fraction of sp³-hybridized carbons (Fsp3) is 0.462. The van der Waals surface area contributed by atoms with Crippen LogP contribution in [-0.2, 0) is 0 Å². The lowest BCUT2D eigenvalue weighted by Gasteiger charge is -2.24. The summed E-state index contributed by atoms with van der Waals surface area (Å²) in [5, 5.41) is 15.9. The number of carboxylic acids is 1. The van der Waals surface area contributed by atoms with E-state index in [0.717, 1.165) is 25.2 Å². The van der Waals surface area contributed by atoms with Crippen molar-refractivity contribution in [3.63, 3.8) is 0 Å². The van der Waals surface area contributed by atoms with Crippen LogP contribution in [0.25, 0.3) is 0 Å². The highest BCUT2D eigenvalue weighted by Crippen LogP contribution is 2.20. The zero-order chi connectivity index (χ0) is 13.0. The summed E-state index contributed by atoms with van der Waals surface area (Å²) >= 11 is 5.82. The molecule has 18 heavy (non-hydrogen) atoms. The summed E-state index contributed by atoms with van der Waals surface area (Å²) in [6, 6.07) is 5.45. The minimum Gasteiger partial charge on any atom is -0.478 e. The third-order valence-corrected chi connectivity index (χ3v) is 3.49. The van der Waals surface area contributed by atoms with E-state index in [2.05, 4.69) is 10.6 Å². The summed E-state index contributed by atoms with van der Waals surface area (Å²) in [4.78, 5) is 11.0. The Balaban J connectivity index is 1.96. The Morgan fingerprint density at radius 1 is 1.50 bits per heavy atom. The molecule has 0 bridgehead atoms. The van der Waals surface area contributed by atoms with Crippen molar-refractivity contribution in [2.24, 2.45) is 0 Å². The van der Waals surface area contributed by atoms with Gasteiger partial charge in [0.15, 0.2) is 0 Å². The Kier molecular flexibility index (Phi) is 4.44. The van der Waals surface area contributed by atoms with Gasteiger partial charge in [-0.2, -0.15) is 0 Å². The van der Waals surface area contributed by atoms with Crippen LogP contribution in [0.1, 0.15) is 29.6 Å². The number of rotatable bonds is 4. The molecule has 5 heteroatoms. The number of carboxylic acid groups (broad SMARTS) is 1. The maximum absolute atomic E-state index is 11.0. The largest absolute Gasteiger partial charge is 0.478 e. The van der Waals surface area contributed by atoms with E-state index < -0.39 is 5.97 Å². The molecule has 2 rings (SSSR count). The molecule has 0 spiro atoms. The van der Waals surface area contributed by atoms with Gasteiger partial charge in [-0.1, -0.05) is 18.0 Å². The first kappa shape index (κ1) is 13.2. The molecule has 1 saturated heterocycles. The number of hydrogen-bond acceptors (Lipinski definition) is 3. The maximum Gasteiger partial charge on any atom is 0.337 e. The normalized spacial score (nSPS) is 19.5. The minimum atomic E-state index is -1.00. The number of carbonyl (C=O) groups is 1. The van der Waals surface area contributed by atoms with Gasteiger partial charge < -0.3 is 15.7 Å². The molecule has 1 aromatic carbocycles. The molecule has 1 aromatic rings. The van der Waals surface area contributed by atoms with Crippen molar-refractivity contribution in [3.8, 4) is 0 Å². The second-order valence-corrected chi connectivity index (χ2v) is 4.93. The topological polar surface area (TPSA) is 61.4 Å². The molecule has 1 atom stereocenters. The second kappa shape index (κ2) is 6.07. The highest BCUT2D eigenvalue weighted by atomic mass is 35.5. The van der Waals surface area contributed by atoms with Crippen LogP contribution in [0.15, 0.2) is 18.2 Å². The van der Waals surface area contributed by atoms with Crippen LogP contribution >= 0.6 is 11.6 Å². The zero-order valence-corrected chi connectivity index (χ0v) is 10.8. The van der Waals surface area contributed by atoms with Crippen LogP contribution in [0, 0.1) is 0 Å². The van der Waals surface area contributed by atoms with Crippen LogP contribution in [0.2, 0.25) is 5.02 Å². The fourth-order valence-electron chi connectivity index (χ4n) is 2.14. The zero-order valence-electron chi connectivity index (χ0n) is 10.1. The summed E-state index contributed by atoms with van der Waals surface area (Å²) in [7, 11) is 0.